The maximum atomic E-state index is 11.6. The highest BCUT2D eigenvalue weighted by Crippen LogP contribution is 2.22. The van der Waals surface area contributed by atoms with Gasteiger partial charge in [0.05, 0.1) is 5.69 Å². The van der Waals surface area contributed by atoms with Crippen molar-refractivity contribution in [3.05, 3.63) is 45.7 Å². The molecule has 0 amide bonds. The van der Waals surface area contributed by atoms with E-state index in [1.807, 2.05) is 31.2 Å². The molecule has 2 rings (SSSR count). The van der Waals surface area contributed by atoms with Gasteiger partial charge in [0, 0.05) is 11.1 Å². The first-order valence-corrected chi connectivity index (χ1v) is 5.29. The summed E-state index contributed by atoms with van der Waals surface area (Å²) >= 11 is 0. The third-order valence-electron chi connectivity index (χ3n) is 2.69. The molecule has 4 heteroatoms. The van der Waals surface area contributed by atoms with Crippen LogP contribution in [0.5, 0.6) is 0 Å². The molecule has 4 nitrogen and oxygen atoms in total. The molecular formula is C12H15N3O. The van der Waals surface area contributed by atoms with E-state index < -0.39 is 0 Å². The van der Waals surface area contributed by atoms with Crippen LogP contribution in [0.4, 0.5) is 0 Å². The van der Waals surface area contributed by atoms with Gasteiger partial charge in [0.1, 0.15) is 0 Å². The highest BCUT2D eigenvalue weighted by atomic mass is 16.1. The van der Waals surface area contributed by atoms with E-state index in [9.17, 15) is 4.79 Å². The number of nitrogens with two attached hydrogens (primary N) is 1. The van der Waals surface area contributed by atoms with Crippen molar-refractivity contribution in [1.29, 1.82) is 0 Å². The molecule has 0 aliphatic carbocycles. The third-order valence-corrected chi connectivity index (χ3v) is 2.69. The molecule has 0 saturated carbocycles. The summed E-state index contributed by atoms with van der Waals surface area (Å²) in [6.07, 6.45) is 0.586. The molecule has 0 aliphatic rings. The Hall–Kier alpha value is -1.81. The van der Waals surface area contributed by atoms with Crippen LogP contribution in [0.1, 0.15) is 11.1 Å². The van der Waals surface area contributed by atoms with Crippen LogP contribution in [-0.4, -0.2) is 16.7 Å². The second-order valence-corrected chi connectivity index (χ2v) is 3.79. The van der Waals surface area contributed by atoms with E-state index in [0.717, 1.165) is 22.4 Å². The molecular weight excluding hydrogens is 202 g/mol. The molecule has 1 aromatic carbocycles. The lowest BCUT2D eigenvalue weighted by Gasteiger charge is -2.04. The smallest absolute Gasteiger partial charge is 0.267 e. The van der Waals surface area contributed by atoms with Gasteiger partial charge in [0.15, 0.2) is 0 Å². The molecule has 84 valence electrons. The van der Waals surface area contributed by atoms with Gasteiger partial charge in [-0.25, -0.2) is 0 Å². The summed E-state index contributed by atoms with van der Waals surface area (Å²) in [5.41, 5.74) is 9.20. The number of H-pyrrole nitrogens is 2. The number of aromatic nitrogens is 2. The molecule has 1 aromatic heterocycles. The monoisotopic (exact) mass is 217 g/mol. The lowest BCUT2D eigenvalue weighted by Crippen LogP contribution is -2.12. The fourth-order valence-electron chi connectivity index (χ4n) is 1.85. The quantitative estimate of drug-likeness (QED) is 0.722. The largest absolute Gasteiger partial charge is 0.330 e. The lowest BCUT2D eigenvalue weighted by molar-refractivity contribution is 0.960. The Morgan fingerprint density at radius 1 is 1.25 bits per heavy atom. The summed E-state index contributed by atoms with van der Waals surface area (Å²) in [5.74, 6) is 0. The van der Waals surface area contributed by atoms with Crippen LogP contribution in [0, 0.1) is 6.92 Å². The summed E-state index contributed by atoms with van der Waals surface area (Å²) in [5, 5.41) is 5.53. The summed E-state index contributed by atoms with van der Waals surface area (Å²) in [7, 11) is 0. The predicted octanol–water partition coefficient (Wildman–Crippen LogP) is 1.18. The second-order valence-electron chi connectivity index (χ2n) is 3.79. The molecule has 2 aromatic rings. The van der Waals surface area contributed by atoms with Crippen LogP contribution >= 0.6 is 0 Å². The van der Waals surface area contributed by atoms with E-state index in [4.69, 9.17) is 5.73 Å². The lowest BCUT2D eigenvalue weighted by atomic mass is 10.0. The summed E-state index contributed by atoms with van der Waals surface area (Å²) in [4.78, 5) is 11.6. The Morgan fingerprint density at radius 2 is 2.00 bits per heavy atom. The van der Waals surface area contributed by atoms with Crippen molar-refractivity contribution >= 4 is 0 Å². The van der Waals surface area contributed by atoms with Crippen molar-refractivity contribution in [3.8, 4) is 11.3 Å². The molecule has 0 radical (unpaired) electrons. The number of nitrogens with one attached hydrogen (secondary N) is 2. The second kappa shape index (κ2) is 4.37. The molecule has 1 heterocycles. The van der Waals surface area contributed by atoms with Gasteiger partial charge in [-0.3, -0.25) is 15.0 Å². The van der Waals surface area contributed by atoms with Gasteiger partial charge in [0.25, 0.3) is 5.56 Å². The number of rotatable bonds is 3. The topological polar surface area (TPSA) is 74.7 Å². The van der Waals surface area contributed by atoms with Crippen molar-refractivity contribution in [1.82, 2.24) is 10.2 Å². The molecule has 0 bridgehead atoms. The van der Waals surface area contributed by atoms with Gasteiger partial charge in [-0.05, 0) is 25.5 Å². The Morgan fingerprint density at radius 3 is 2.69 bits per heavy atom. The van der Waals surface area contributed by atoms with E-state index in [-0.39, 0.29) is 5.56 Å². The zero-order chi connectivity index (χ0) is 11.5. The molecule has 0 unspecified atom stereocenters. The molecule has 16 heavy (non-hydrogen) atoms. The van der Waals surface area contributed by atoms with Crippen molar-refractivity contribution in [3.63, 3.8) is 0 Å². The summed E-state index contributed by atoms with van der Waals surface area (Å²) in [6.45, 7) is 2.49. The van der Waals surface area contributed by atoms with E-state index in [2.05, 4.69) is 10.2 Å². The van der Waals surface area contributed by atoms with Crippen LogP contribution in [0.25, 0.3) is 11.3 Å². The first kappa shape index (κ1) is 10.7. The Bertz CT molecular complexity index is 539. The highest BCUT2D eigenvalue weighted by Gasteiger charge is 2.12. The van der Waals surface area contributed by atoms with Gasteiger partial charge in [-0.2, -0.15) is 0 Å². The zero-order valence-corrected chi connectivity index (χ0v) is 9.21. The van der Waals surface area contributed by atoms with Crippen molar-refractivity contribution in [2.24, 2.45) is 5.73 Å². The minimum Gasteiger partial charge on any atom is -0.330 e. The minimum absolute atomic E-state index is 0.0799. The first-order chi connectivity index (χ1) is 7.74. The number of hydrogen-bond donors (Lipinski definition) is 3. The number of aryl methyl sites for hydroxylation is 1. The van der Waals surface area contributed by atoms with E-state index in [0.29, 0.717) is 13.0 Å². The van der Waals surface area contributed by atoms with E-state index in [1.165, 1.54) is 0 Å². The zero-order valence-electron chi connectivity index (χ0n) is 9.21. The average molecular weight is 217 g/mol. The molecule has 0 saturated heterocycles. The van der Waals surface area contributed by atoms with Gasteiger partial charge in [0.2, 0.25) is 0 Å². The molecule has 0 spiro atoms. The maximum Gasteiger partial charge on any atom is 0.267 e. The average Bonchev–Trinajstić information content (AvgIpc) is 2.62. The van der Waals surface area contributed by atoms with Crippen LogP contribution < -0.4 is 11.3 Å². The van der Waals surface area contributed by atoms with Gasteiger partial charge < -0.3 is 5.73 Å². The first-order valence-electron chi connectivity index (χ1n) is 5.29. The van der Waals surface area contributed by atoms with Gasteiger partial charge in [-0.1, -0.05) is 24.3 Å². The molecule has 0 fully saturated rings. The van der Waals surface area contributed by atoms with Crippen molar-refractivity contribution in [2.45, 2.75) is 13.3 Å². The van der Waals surface area contributed by atoms with Crippen molar-refractivity contribution in [2.75, 3.05) is 6.54 Å². The SMILES string of the molecule is Cc1ccccc1-c1[nH][nH]c(=O)c1CCN. The van der Waals surface area contributed by atoms with Crippen LogP contribution in [0.3, 0.4) is 0 Å². The summed E-state index contributed by atoms with van der Waals surface area (Å²) < 4.78 is 0. The number of hydrogen-bond acceptors (Lipinski definition) is 2. The third kappa shape index (κ3) is 1.79. The van der Waals surface area contributed by atoms with E-state index in [1.54, 1.807) is 0 Å². The normalized spacial score (nSPS) is 10.6. The van der Waals surface area contributed by atoms with Crippen LogP contribution in [0.2, 0.25) is 0 Å². The molecule has 4 N–H and O–H groups in total. The van der Waals surface area contributed by atoms with Gasteiger partial charge in [-0.15, -0.1) is 0 Å². The highest BCUT2D eigenvalue weighted by molar-refractivity contribution is 5.66. The van der Waals surface area contributed by atoms with Crippen molar-refractivity contribution < 1.29 is 0 Å². The van der Waals surface area contributed by atoms with Crippen LogP contribution in [-0.2, 0) is 6.42 Å². The fourth-order valence-corrected chi connectivity index (χ4v) is 1.85. The predicted molar refractivity (Wildman–Crippen MR) is 64.3 cm³/mol. The Labute approximate surface area is 93.5 Å². The van der Waals surface area contributed by atoms with Crippen LogP contribution in [0.15, 0.2) is 29.1 Å². The van der Waals surface area contributed by atoms with E-state index >= 15 is 0 Å². The summed E-state index contributed by atoms with van der Waals surface area (Å²) in [6, 6.07) is 7.95. The fraction of sp³-hybridized carbons (Fsp3) is 0.250. The Balaban J connectivity index is 2.56. The standard InChI is InChI=1S/C12H15N3O/c1-8-4-2-3-5-9(8)11-10(6-7-13)12(16)15-14-11/h2-5H,6-7,13H2,1H3,(H2,14,15,16). The van der Waals surface area contributed by atoms with Gasteiger partial charge >= 0.3 is 0 Å². The number of benzene rings is 1. The molecule has 0 aliphatic heterocycles. The molecule has 0 atom stereocenters. The maximum absolute atomic E-state index is 11.6. The minimum atomic E-state index is -0.0799. The number of aromatic amines is 2. The Kier molecular flexibility index (Phi) is 2.92.